The molecule has 0 N–H and O–H groups in total. The summed E-state index contributed by atoms with van der Waals surface area (Å²) in [6.07, 6.45) is 0. The molecule has 2 rings (SSSR count). The maximum absolute atomic E-state index is 12.5. The van der Waals surface area contributed by atoms with Gasteiger partial charge < -0.3 is 4.52 Å². The fraction of sp³-hybridized carbons (Fsp3) is 0. The molecule has 0 saturated heterocycles. The summed E-state index contributed by atoms with van der Waals surface area (Å²) in [6.45, 7) is 0. The molecule has 0 radical (unpaired) electrons. The molecule has 0 fully saturated rings. The highest BCUT2D eigenvalue weighted by molar-refractivity contribution is 6.33. The van der Waals surface area contributed by atoms with E-state index in [1.807, 2.05) is 0 Å². The summed E-state index contributed by atoms with van der Waals surface area (Å²) >= 11 is 5.60. The second-order valence-corrected chi connectivity index (χ2v) is 2.47. The van der Waals surface area contributed by atoms with Crippen molar-refractivity contribution in [3.05, 3.63) is 29.2 Å². The van der Waals surface area contributed by atoms with E-state index in [1.54, 1.807) is 0 Å². The van der Waals surface area contributed by atoms with Crippen molar-refractivity contribution in [3.8, 4) is 0 Å². The molecule has 0 aliphatic heterocycles. The summed E-state index contributed by atoms with van der Waals surface area (Å²) in [4.78, 5) is 0. The van der Waals surface area contributed by atoms with Gasteiger partial charge in [0.15, 0.2) is 10.7 Å². The Morgan fingerprint density at radius 2 is 2.27 bits per heavy atom. The van der Waals surface area contributed by atoms with Gasteiger partial charge in [0.1, 0.15) is 5.82 Å². The summed E-state index contributed by atoms with van der Waals surface area (Å²) in [6, 6.07) is 4.09. The lowest BCUT2D eigenvalue weighted by atomic mass is 10.3. The third-order valence-electron chi connectivity index (χ3n) is 1.39. The Hall–Kier alpha value is -1.09. The van der Waals surface area contributed by atoms with Crippen molar-refractivity contribution in [2.24, 2.45) is 0 Å². The normalized spacial score (nSPS) is 10.7. The first-order valence-electron chi connectivity index (χ1n) is 2.98. The van der Waals surface area contributed by atoms with E-state index in [0.29, 0.717) is 11.0 Å². The maximum atomic E-state index is 12.5. The van der Waals surface area contributed by atoms with E-state index in [9.17, 15) is 4.39 Å². The minimum absolute atomic E-state index is 0.264. The van der Waals surface area contributed by atoms with Crippen molar-refractivity contribution in [3.63, 3.8) is 0 Å². The molecular formula is C7H3ClFNO. The minimum atomic E-state index is -0.356. The highest BCUT2D eigenvalue weighted by Crippen LogP contribution is 2.22. The summed E-state index contributed by atoms with van der Waals surface area (Å²) in [5.74, 6) is -0.356. The number of rotatable bonds is 0. The van der Waals surface area contributed by atoms with Crippen molar-refractivity contribution in [1.82, 2.24) is 5.16 Å². The van der Waals surface area contributed by atoms with Crippen LogP contribution in [0.4, 0.5) is 4.39 Å². The van der Waals surface area contributed by atoms with Crippen LogP contribution in [-0.2, 0) is 0 Å². The van der Waals surface area contributed by atoms with Crippen molar-refractivity contribution >= 4 is 22.6 Å². The third-order valence-corrected chi connectivity index (χ3v) is 1.66. The van der Waals surface area contributed by atoms with Crippen LogP contribution in [0, 0.1) is 5.82 Å². The molecule has 0 unspecified atom stereocenters. The van der Waals surface area contributed by atoms with Crippen LogP contribution in [-0.4, -0.2) is 5.16 Å². The molecule has 2 aromatic rings. The van der Waals surface area contributed by atoms with E-state index in [4.69, 9.17) is 16.1 Å². The molecule has 1 aromatic heterocycles. The molecule has 1 heterocycles. The van der Waals surface area contributed by atoms with Crippen LogP contribution in [0.5, 0.6) is 0 Å². The number of fused-ring (bicyclic) bond motifs is 1. The molecule has 0 atom stereocenters. The molecule has 0 aliphatic rings. The number of nitrogens with zero attached hydrogens (tertiary/aromatic N) is 1. The smallest absolute Gasteiger partial charge is 0.179 e. The second kappa shape index (κ2) is 2.20. The van der Waals surface area contributed by atoms with Gasteiger partial charge >= 0.3 is 0 Å². The zero-order valence-electron chi connectivity index (χ0n) is 5.34. The van der Waals surface area contributed by atoms with Crippen LogP contribution in [0.1, 0.15) is 0 Å². The predicted molar refractivity (Wildman–Crippen MR) is 39.0 cm³/mol. The summed E-state index contributed by atoms with van der Waals surface area (Å²) < 4.78 is 17.2. The fourth-order valence-corrected chi connectivity index (χ4v) is 1.07. The molecule has 0 amide bonds. The summed E-state index contributed by atoms with van der Waals surface area (Å²) in [5.41, 5.74) is 0.370. The van der Waals surface area contributed by atoms with E-state index in [1.165, 1.54) is 18.2 Å². The van der Waals surface area contributed by atoms with Gasteiger partial charge in [0, 0.05) is 6.07 Å². The van der Waals surface area contributed by atoms with Crippen LogP contribution < -0.4 is 0 Å². The first-order chi connectivity index (χ1) is 5.27. The van der Waals surface area contributed by atoms with Gasteiger partial charge in [0.05, 0.1) is 5.39 Å². The Morgan fingerprint density at radius 3 is 3.09 bits per heavy atom. The highest BCUT2D eigenvalue weighted by atomic mass is 35.5. The van der Waals surface area contributed by atoms with E-state index >= 15 is 0 Å². The lowest BCUT2D eigenvalue weighted by molar-refractivity contribution is 0.455. The Balaban J connectivity index is 2.86. The average molecular weight is 172 g/mol. The van der Waals surface area contributed by atoms with Gasteiger partial charge in [-0.1, -0.05) is 16.8 Å². The zero-order valence-corrected chi connectivity index (χ0v) is 6.10. The largest absolute Gasteiger partial charge is 0.355 e. The minimum Gasteiger partial charge on any atom is -0.355 e. The quantitative estimate of drug-likeness (QED) is 0.609. The first-order valence-corrected chi connectivity index (χ1v) is 3.35. The van der Waals surface area contributed by atoms with Crippen LogP contribution >= 0.6 is 11.6 Å². The van der Waals surface area contributed by atoms with Gasteiger partial charge in [0.2, 0.25) is 0 Å². The molecule has 0 aliphatic carbocycles. The van der Waals surface area contributed by atoms with Gasteiger partial charge in [-0.15, -0.1) is 0 Å². The molecule has 0 bridgehead atoms. The van der Waals surface area contributed by atoms with E-state index in [-0.39, 0.29) is 11.0 Å². The molecule has 1 aromatic carbocycles. The number of hydrogen-bond donors (Lipinski definition) is 0. The van der Waals surface area contributed by atoms with E-state index in [0.717, 1.165) is 0 Å². The summed E-state index contributed by atoms with van der Waals surface area (Å²) in [7, 11) is 0. The Labute approximate surface area is 66.5 Å². The van der Waals surface area contributed by atoms with E-state index < -0.39 is 0 Å². The van der Waals surface area contributed by atoms with Gasteiger partial charge in [-0.2, -0.15) is 0 Å². The molecule has 0 saturated carbocycles. The monoisotopic (exact) mass is 171 g/mol. The third kappa shape index (κ3) is 0.973. The van der Waals surface area contributed by atoms with Crippen molar-refractivity contribution in [2.45, 2.75) is 0 Å². The number of halogens is 2. The molecule has 56 valence electrons. The molecule has 4 heteroatoms. The van der Waals surface area contributed by atoms with Crippen molar-refractivity contribution < 1.29 is 8.91 Å². The van der Waals surface area contributed by atoms with Gasteiger partial charge in [-0.05, 0) is 12.1 Å². The zero-order chi connectivity index (χ0) is 7.84. The van der Waals surface area contributed by atoms with Crippen molar-refractivity contribution in [1.29, 1.82) is 0 Å². The van der Waals surface area contributed by atoms with Crippen LogP contribution in [0.25, 0.3) is 11.0 Å². The number of hydrogen-bond acceptors (Lipinski definition) is 2. The average Bonchev–Trinajstić information content (AvgIpc) is 2.32. The SMILES string of the molecule is Fc1ccc2c(Cl)noc2c1. The molecule has 11 heavy (non-hydrogen) atoms. The predicted octanol–water partition coefficient (Wildman–Crippen LogP) is 2.62. The Morgan fingerprint density at radius 1 is 1.45 bits per heavy atom. The number of benzene rings is 1. The van der Waals surface area contributed by atoms with Gasteiger partial charge in [-0.25, -0.2) is 4.39 Å². The number of aromatic nitrogens is 1. The molecule has 0 spiro atoms. The topological polar surface area (TPSA) is 26.0 Å². The van der Waals surface area contributed by atoms with Gasteiger partial charge in [-0.3, -0.25) is 0 Å². The van der Waals surface area contributed by atoms with Crippen molar-refractivity contribution in [2.75, 3.05) is 0 Å². The van der Waals surface area contributed by atoms with E-state index in [2.05, 4.69) is 5.16 Å². The second-order valence-electron chi connectivity index (χ2n) is 2.11. The lowest BCUT2D eigenvalue weighted by Crippen LogP contribution is -1.70. The first kappa shape index (κ1) is 6.61. The highest BCUT2D eigenvalue weighted by Gasteiger charge is 2.04. The standard InChI is InChI=1S/C7H3ClFNO/c8-7-5-2-1-4(9)3-6(5)11-10-7/h1-3H. The Kier molecular flexibility index (Phi) is 1.32. The maximum Gasteiger partial charge on any atom is 0.179 e. The Bertz CT molecular complexity index is 398. The van der Waals surface area contributed by atoms with Gasteiger partial charge in [0.25, 0.3) is 0 Å². The van der Waals surface area contributed by atoms with Crippen LogP contribution in [0.15, 0.2) is 22.7 Å². The van der Waals surface area contributed by atoms with Crippen LogP contribution in [0.2, 0.25) is 5.15 Å². The fourth-order valence-electron chi connectivity index (χ4n) is 0.881. The lowest BCUT2D eigenvalue weighted by Gasteiger charge is -1.85. The molecule has 2 nitrogen and oxygen atoms in total. The molecular weight excluding hydrogens is 169 g/mol. The summed E-state index contributed by atoms with van der Waals surface area (Å²) in [5, 5.41) is 4.36. The van der Waals surface area contributed by atoms with Crippen LogP contribution in [0.3, 0.4) is 0 Å².